The minimum Gasteiger partial charge on any atom is -0.379 e. The van der Waals surface area contributed by atoms with Crippen LogP contribution in [0.15, 0.2) is 12.1 Å². The molecule has 0 aliphatic carbocycles. The van der Waals surface area contributed by atoms with Gasteiger partial charge in [0.15, 0.2) is 11.5 Å². The lowest BCUT2D eigenvalue weighted by molar-refractivity contribution is 0.0320. The zero-order chi connectivity index (χ0) is 18.9. The molecule has 7 heteroatoms. The Morgan fingerprint density at radius 1 is 0.963 bits per heavy atom. The number of ether oxygens (including phenoxy) is 1. The van der Waals surface area contributed by atoms with E-state index in [1.807, 2.05) is 10.6 Å². The van der Waals surface area contributed by atoms with Gasteiger partial charge in [-0.3, -0.25) is 4.90 Å². The highest BCUT2D eigenvalue weighted by molar-refractivity contribution is 5.37. The van der Waals surface area contributed by atoms with Gasteiger partial charge in [0, 0.05) is 37.5 Å². The molecule has 4 heterocycles. The van der Waals surface area contributed by atoms with E-state index in [1.165, 1.54) is 0 Å². The summed E-state index contributed by atoms with van der Waals surface area (Å²) in [7, 11) is 0. The van der Waals surface area contributed by atoms with E-state index in [1.54, 1.807) is 0 Å². The topological polar surface area (TPSA) is 58.8 Å². The van der Waals surface area contributed by atoms with Crippen LogP contribution in [0.3, 0.4) is 0 Å². The van der Waals surface area contributed by atoms with E-state index in [0.717, 1.165) is 82.5 Å². The number of rotatable bonds is 4. The average molecular weight is 373 g/mol. The molecule has 2 saturated heterocycles. The van der Waals surface area contributed by atoms with Crippen molar-refractivity contribution in [1.82, 2.24) is 29.6 Å². The third-order valence-corrected chi connectivity index (χ3v) is 5.84. The van der Waals surface area contributed by atoms with E-state index < -0.39 is 0 Å². The van der Waals surface area contributed by atoms with Crippen molar-refractivity contribution >= 4 is 5.65 Å². The van der Waals surface area contributed by atoms with Gasteiger partial charge in [-0.2, -0.15) is 9.61 Å². The second-order valence-electron chi connectivity index (χ2n) is 8.87. The van der Waals surface area contributed by atoms with Gasteiger partial charge in [-0.1, -0.05) is 20.8 Å². The van der Waals surface area contributed by atoms with Crippen LogP contribution >= 0.6 is 0 Å². The predicted octanol–water partition coefficient (Wildman–Crippen LogP) is 1.93. The highest BCUT2D eigenvalue weighted by Crippen LogP contribution is 2.27. The van der Waals surface area contributed by atoms with Crippen molar-refractivity contribution in [3.8, 4) is 0 Å². The normalized spacial score (nSPS) is 21.1. The molecule has 0 unspecified atom stereocenters. The van der Waals surface area contributed by atoms with Gasteiger partial charge in [-0.05, 0) is 38.1 Å². The van der Waals surface area contributed by atoms with Crippen LogP contribution in [0.2, 0.25) is 0 Å². The number of fused-ring (bicyclic) bond motifs is 1. The molecular formula is C20H32N6O. The Kier molecular flexibility index (Phi) is 5.43. The van der Waals surface area contributed by atoms with Crippen molar-refractivity contribution in [3.05, 3.63) is 23.7 Å². The van der Waals surface area contributed by atoms with Crippen LogP contribution in [-0.4, -0.2) is 82.1 Å². The number of likely N-dealkylation sites (tertiary alicyclic amines) is 1. The molecule has 0 bridgehead atoms. The molecule has 2 aliphatic heterocycles. The fourth-order valence-corrected chi connectivity index (χ4v) is 3.98. The average Bonchev–Trinajstić information content (AvgIpc) is 3.10. The van der Waals surface area contributed by atoms with E-state index in [4.69, 9.17) is 9.84 Å². The first kappa shape index (κ1) is 18.8. The monoisotopic (exact) mass is 372 g/mol. The molecule has 0 aromatic carbocycles. The lowest BCUT2D eigenvalue weighted by atomic mass is 9.92. The summed E-state index contributed by atoms with van der Waals surface area (Å²) in [6, 6.07) is 4.11. The Morgan fingerprint density at radius 3 is 2.30 bits per heavy atom. The molecule has 2 aromatic rings. The summed E-state index contributed by atoms with van der Waals surface area (Å²) >= 11 is 0. The maximum atomic E-state index is 5.43. The molecule has 0 saturated carbocycles. The molecule has 0 amide bonds. The largest absolute Gasteiger partial charge is 0.379 e. The van der Waals surface area contributed by atoms with Gasteiger partial charge in [0.2, 0.25) is 0 Å². The fraction of sp³-hybridized carbons (Fsp3) is 0.750. The van der Waals surface area contributed by atoms with E-state index in [9.17, 15) is 0 Å². The zero-order valence-electron chi connectivity index (χ0n) is 16.9. The van der Waals surface area contributed by atoms with Crippen molar-refractivity contribution in [3.63, 3.8) is 0 Å². The van der Waals surface area contributed by atoms with Crippen molar-refractivity contribution < 1.29 is 4.74 Å². The third kappa shape index (κ3) is 4.31. The molecule has 0 atom stereocenters. The molecule has 7 nitrogen and oxygen atoms in total. The van der Waals surface area contributed by atoms with Gasteiger partial charge in [0.1, 0.15) is 0 Å². The van der Waals surface area contributed by atoms with Crippen LogP contribution in [-0.2, 0) is 10.2 Å². The number of aromatic nitrogens is 4. The summed E-state index contributed by atoms with van der Waals surface area (Å²) in [5.41, 5.74) is 1.96. The molecule has 27 heavy (non-hydrogen) atoms. The van der Waals surface area contributed by atoms with Gasteiger partial charge in [0.25, 0.3) is 0 Å². The Bertz CT molecular complexity index is 753. The fourth-order valence-electron chi connectivity index (χ4n) is 3.98. The quantitative estimate of drug-likeness (QED) is 0.817. The zero-order valence-corrected chi connectivity index (χ0v) is 16.9. The van der Waals surface area contributed by atoms with Crippen molar-refractivity contribution in [2.75, 3.05) is 52.5 Å². The van der Waals surface area contributed by atoms with Crippen LogP contribution in [0.4, 0.5) is 0 Å². The third-order valence-electron chi connectivity index (χ3n) is 5.84. The lowest BCUT2D eigenvalue weighted by Gasteiger charge is -2.34. The van der Waals surface area contributed by atoms with Gasteiger partial charge in [-0.15, -0.1) is 10.2 Å². The van der Waals surface area contributed by atoms with E-state index in [2.05, 4.69) is 46.8 Å². The molecule has 148 valence electrons. The summed E-state index contributed by atoms with van der Waals surface area (Å²) < 4.78 is 7.42. The number of morpholine rings is 1. The number of piperidine rings is 1. The summed E-state index contributed by atoms with van der Waals surface area (Å²) in [4.78, 5) is 5.10. The second kappa shape index (κ2) is 7.81. The maximum Gasteiger partial charge on any atom is 0.177 e. The van der Waals surface area contributed by atoms with Gasteiger partial charge < -0.3 is 9.64 Å². The van der Waals surface area contributed by atoms with Gasteiger partial charge in [-0.25, -0.2) is 0 Å². The highest BCUT2D eigenvalue weighted by atomic mass is 16.5. The maximum absolute atomic E-state index is 5.43. The molecule has 2 fully saturated rings. The van der Waals surface area contributed by atoms with Crippen LogP contribution in [0, 0.1) is 0 Å². The van der Waals surface area contributed by atoms with E-state index in [0.29, 0.717) is 5.92 Å². The standard InChI is InChI=1S/C20H32N6O/c1-20(2,3)17-4-5-18-21-22-19(26(18)23-17)16-6-8-24(9-7-16)10-11-25-12-14-27-15-13-25/h4-5,16H,6-15H2,1-3H3. The number of hydrogen-bond donors (Lipinski definition) is 0. The Morgan fingerprint density at radius 2 is 1.63 bits per heavy atom. The smallest absolute Gasteiger partial charge is 0.177 e. The Hall–Kier alpha value is -1.57. The van der Waals surface area contributed by atoms with Crippen molar-refractivity contribution in [2.45, 2.75) is 44.9 Å². The van der Waals surface area contributed by atoms with Crippen molar-refractivity contribution in [1.29, 1.82) is 0 Å². The molecular weight excluding hydrogens is 340 g/mol. The summed E-state index contributed by atoms with van der Waals surface area (Å²) in [6.45, 7) is 15.0. The molecule has 0 spiro atoms. The van der Waals surface area contributed by atoms with Crippen LogP contribution in [0.25, 0.3) is 5.65 Å². The number of nitrogens with zero attached hydrogens (tertiary/aromatic N) is 6. The summed E-state index contributed by atoms with van der Waals surface area (Å²) in [5.74, 6) is 1.48. The molecule has 2 aliphatic rings. The first-order chi connectivity index (χ1) is 13.0. The number of hydrogen-bond acceptors (Lipinski definition) is 6. The summed E-state index contributed by atoms with van der Waals surface area (Å²) in [5, 5.41) is 13.7. The second-order valence-corrected chi connectivity index (χ2v) is 8.87. The van der Waals surface area contributed by atoms with Crippen molar-refractivity contribution in [2.24, 2.45) is 0 Å². The first-order valence-corrected chi connectivity index (χ1v) is 10.3. The lowest BCUT2D eigenvalue weighted by Crippen LogP contribution is -2.43. The molecule has 0 N–H and O–H groups in total. The first-order valence-electron chi connectivity index (χ1n) is 10.3. The van der Waals surface area contributed by atoms with E-state index in [-0.39, 0.29) is 5.41 Å². The summed E-state index contributed by atoms with van der Waals surface area (Å²) in [6.07, 6.45) is 2.26. The predicted molar refractivity (Wildman–Crippen MR) is 105 cm³/mol. The van der Waals surface area contributed by atoms with Gasteiger partial charge >= 0.3 is 0 Å². The Balaban J connectivity index is 1.37. The Labute approximate surface area is 161 Å². The van der Waals surface area contributed by atoms with Crippen LogP contribution in [0.5, 0.6) is 0 Å². The molecule has 2 aromatic heterocycles. The van der Waals surface area contributed by atoms with E-state index >= 15 is 0 Å². The molecule has 0 radical (unpaired) electrons. The van der Waals surface area contributed by atoms with Crippen LogP contribution < -0.4 is 0 Å². The highest BCUT2D eigenvalue weighted by Gasteiger charge is 2.26. The minimum absolute atomic E-state index is 0.0264. The minimum atomic E-state index is 0.0264. The van der Waals surface area contributed by atoms with Gasteiger partial charge in [0.05, 0.1) is 18.9 Å². The molecule has 4 rings (SSSR count). The SMILES string of the molecule is CC(C)(C)c1ccc2nnc(C3CCN(CCN4CCOCC4)CC3)n2n1. The van der Waals surface area contributed by atoms with Crippen LogP contribution in [0.1, 0.15) is 51.0 Å².